The molecule has 1 aliphatic heterocycles. The number of nitrogens with one attached hydrogen (secondary N) is 2. The number of amides is 1. The van der Waals surface area contributed by atoms with Crippen molar-refractivity contribution in [2.24, 2.45) is 11.8 Å². The van der Waals surface area contributed by atoms with Crippen LogP contribution in [-0.4, -0.2) is 25.0 Å². The van der Waals surface area contributed by atoms with Crippen molar-refractivity contribution in [1.29, 1.82) is 0 Å². The summed E-state index contributed by atoms with van der Waals surface area (Å²) >= 11 is 0. The Morgan fingerprint density at radius 1 is 1.16 bits per heavy atom. The van der Waals surface area contributed by atoms with E-state index in [9.17, 15) is 4.79 Å². The molecule has 2 atom stereocenters. The molecule has 0 spiro atoms. The molecule has 1 aromatic rings. The average molecular weight is 281 g/mol. The number of hydrogen-bond acceptors (Lipinski definition) is 2. The van der Waals surface area contributed by atoms with Crippen molar-refractivity contribution in [1.82, 2.24) is 10.6 Å². The summed E-state index contributed by atoms with van der Waals surface area (Å²) in [5.41, 5.74) is 4.23. The number of fused-ring (bicyclic) bond motifs is 1. The van der Waals surface area contributed by atoms with Crippen molar-refractivity contribution in [3.63, 3.8) is 0 Å². The van der Waals surface area contributed by atoms with Gasteiger partial charge in [0, 0.05) is 24.7 Å². The van der Waals surface area contributed by atoms with Gasteiger partial charge < -0.3 is 10.6 Å². The first-order valence-electron chi connectivity index (χ1n) is 6.67. The van der Waals surface area contributed by atoms with Crippen LogP contribution in [-0.2, 0) is 0 Å². The van der Waals surface area contributed by atoms with E-state index in [1.807, 2.05) is 13.8 Å². The molecule has 3 rings (SSSR count). The molecule has 2 aliphatic rings. The van der Waals surface area contributed by atoms with Crippen LogP contribution in [0.15, 0.2) is 12.1 Å². The van der Waals surface area contributed by atoms with E-state index in [1.165, 1.54) is 5.56 Å². The molecule has 1 heterocycles. The fourth-order valence-electron chi connectivity index (χ4n) is 3.39. The van der Waals surface area contributed by atoms with Crippen LogP contribution in [0.2, 0.25) is 0 Å². The van der Waals surface area contributed by atoms with Gasteiger partial charge in [0.2, 0.25) is 0 Å². The largest absolute Gasteiger partial charge is 0.349 e. The number of piperidine rings is 1. The quantitative estimate of drug-likeness (QED) is 0.870. The number of carbonyl (C=O) groups excluding carboxylic acids is 1. The number of benzene rings is 1. The molecule has 2 unspecified atom stereocenters. The van der Waals surface area contributed by atoms with E-state index in [0.717, 1.165) is 29.8 Å². The predicted molar refractivity (Wildman–Crippen MR) is 79.0 cm³/mol. The molecule has 3 nitrogen and oxygen atoms in total. The molecule has 104 valence electrons. The molecule has 2 fully saturated rings. The summed E-state index contributed by atoms with van der Waals surface area (Å²) in [5, 5.41) is 6.54. The highest BCUT2D eigenvalue weighted by Gasteiger charge is 2.53. The number of hydrogen-bond donors (Lipinski definition) is 2. The van der Waals surface area contributed by atoms with Crippen LogP contribution in [0.1, 0.15) is 27.0 Å². The van der Waals surface area contributed by atoms with Gasteiger partial charge in [-0.25, -0.2) is 0 Å². The van der Waals surface area contributed by atoms with E-state index >= 15 is 0 Å². The summed E-state index contributed by atoms with van der Waals surface area (Å²) in [4.78, 5) is 12.3. The smallest absolute Gasteiger partial charge is 0.252 e. The second kappa shape index (κ2) is 5.14. The third kappa shape index (κ3) is 2.49. The van der Waals surface area contributed by atoms with Gasteiger partial charge in [-0.1, -0.05) is 17.7 Å². The lowest BCUT2D eigenvalue weighted by molar-refractivity contribution is 0.0945. The Hall–Kier alpha value is -1.06. The average Bonchev–Trinajstić information content (AvgIpc) is 2.72. The molecule has 4 heteroatoms. The topological polar surface area (TPSA) is 41.1 Å². The van der Waals surface area contributed by atoms with Gasteiger partial charge in [-0.05, 0) is 43.7 Å². The van der Waals surface area contributed by atoms with E-state index in [2.05, 4.69) is 29.7 Å². The minimum atomic E-state index is 0. The van der Waals surface area contributed by atoms with Gasteiger partial charge in [0.05, 0.1) is 0 Å². The van der Waals surface area contributed by atoms with Gasteiger partial charge in [0.15, 0.2) is 0 Å². The van der Waals surface area contributed by atoms with E-state index < -0.39 is 0 Å². The van der Waals surface area contributed by atoms with Crippen LogP contribution in [0.3, 0.4) is 0 Å². The lowest BCUT2D eigenvalue weighted by atomic mass is 9.99. The highest BCUT2D eigenvalue weighted by atomic mass is 35.5. The summed E-state index contributed by atoms with van der Waals surface area (Å²) < 4.78 is 0. The zero-order valence-electron chi connectivity index (χ0n) is 11.6. The molecule has 1 saturated heterocycles. The lowest BCUT2D eigenvalue weighted by Crippen LogP contribution is -2.33. The number of aryl methyl sites for hydroxylation is 3. The van der Waals surface area contributed by atoms with Crippen molar-refractivity contribution in [3.05, 3.63) is 34.4 Å². The molecule has 1 amide bonds. The maximum Gasteiger partial charge on any atom is 0.252 e. The second-order valence-corrected chi connectivity index (χ2v) is 5.76. The van der Waals surface area contributed by atoms with Gasteiger partial charge >= 0.3 is 0 Å². The van der Waals surface area contributed by atoms with Crippen LogP contribution in [0.4, 0.5) is 0 Å². The van der Waals surface area contributed by atoms with Crippen LogP contribution < -0.4 is 10.6 Å². The van der Waals surface area contributed by atoms with Crippen molar-refractivity contribution < 1.29 is 4.79 Å². The summed E-state index contributed by atoms with van der Waals surface area (Å²) in [6.07, 6.45) is 0. The fourth-order valence-corrected chi connectivity index (χ4v) is 3.39. The van der Waals surface area contributed by atoms with Gasteiger partial charge in [-0.3, -0.25) is 4.79 Å². The number of carbonyl (C=O) groups is 1. The minimum Gasteiger partial charge on any atom is -0.349 e. The molecule has 0 bridgehead atoms. The summed E-state index contributed by atoms with van der Waals surface area (Å²) in [5.74, 6) is 1.43. The summed E-state index contributed by atoms with van der Waals surface area (Å²) in [6.45, 7) is 8.22. The molecule has 1 saturated carbocycles. The number of rotatable bonds is 2. The molecular weight excluding hydrogens is 260 g/mol. The first-order valence-corrected chi connectivity index (χ1v) is 6.67. The minimum absolute atomic E-state index is 0. The monoisotopic (exact) mass is 280 g/mol. The van der Waals surface area contributed by atoms with Crippen molar-refractivity contribution >= 4 is 18.3 Å². The van der Waals surface area contributed by atoms with Crippen LogP contribution in [0, 0.1) is 32.6 Å². The van der Waals surface area contributed by atoms with Gasteiger partial charge in [0.25, 0.3) is 5.91 Å². The second-order valence-electron chi connectivity index (χ2n) is 5.76. The number of halogens is 1. The van der Waals surface area contributed by atoms with Crippen molar-refractivity contribution in [3.8, 4) is 0 Å². The van der Waals surface area contributed by atoms with E-state index in [4.69, 9.17) is 0 Å². The Balaban J connectivity index is 0.00000133. The Kier molecular flexibility index (Phi) is 3.88. The van der Waals surface area contributed by atoms with E-state index in [-0.39, 0.29) is 18.3 Å². The first kappa shape index (κ1) is 14.4. The first-order chi connectivity index (χ1) is 8.58. The summed E-state index contributed by atoms with van der Waals surface area (Å²) in [7, 11) is 0. The van der Waals surface area contributed by atoms with E-state index in [1.54, 1.807) is 0 Å². The van der Waals surface area contributed by atoms with E-state index in [0.29, 0.717) is 17.9 Å². The Bertz CT molecular complexity index is 482. The normalized spacial score (nSPS) is 27.4. The zero-order chi connectivity index (χ0) is 12.9. The van der Waals surface area contributed by atoms with Crippen LogP contribution in [0.5, 0.6) is 0 Å². The molecule has 0 aromatic heterocycles. The Morgan fingerprint density at radius 3 is 2.21 bits per heavy atom. The molecule has 2 N–H and O–H groups in total. The third-order valence-electron chi connectivity index (χ3n) is 4.29. The van der Waals surface area contributed by atoms with Crippen LogP contribution in [0.25, 0.3) is 0 Å². The Labute approximate surface area is 120 Å². The van der Waals surface area contributed by atoms with Crippen molar-refractivity contribution in [2.45, 2.75) is 26.8 Å². The SMILES string of the molecule is Cc1cc(C)c(C(=O)NC2C3CNCC32)c(C)c1.Cl. The zero-order valence-corrected chi connectivity index (χ0v) is 12.4. The molecule has 0 radical (unpaired) electrons. The maximum atomic E-state index is 12.3. The third-order valence-corrected chi connectivity index (χ3v) is 4.29. The Morgan fingerprint density at radius 2 is 1.68 bits per heavy atom. The molecule has 1 aliphatic carbocycles. The maximum absolute atomic E-state index is 12.3. The highest BCUT2D eigenvalue weighted by molar-refractivity contribution is 5.97. The van der Waals surface area contributed by atoms with Gasteiger partial charge in [0.1, 0.15) is 0 Å². The molecule has 1 aromatic carbocycles. The fraction of sp³-hybridized carbons (Fsp3) is 0.533. The highest BCUT2D eigenvalue weighted by Crippen LogP contribution is 2.41. The predicted octanol–water partition coefficient (Wildman–Crippen LogP) is 1.98. The standard InChI is InChI=1S/C15H20N2O.ClH/c1-8-4-9(2)13(10(3)5-8)15(18)17-14-11-6-16-7-12(11)14;/h4-5,11-12,14,16H,6-7H2,1-3H3,(H,17,18);1H. The lowest BCUT2D eigenvalue weighted by Gasteiger charge is -2.13. The summed E-state index contributed by atoms with van der Waals surface area (Å²) in [6, 6.07) is 4.56. The van der Waals surface area contributed by atoms with Gasteiger partial charge in [-0.15, -0.1) is 12.4 Å². The van der Waals surface area contributed by atoms with Crippen molar-refractivity contribution in [2.75, 3.05) is 13.1 Å². The van der Waals surface area contributed by atoms with Crippen LogP contribution >= 0.6 is 12.4 Å². The molecular formula is C15H21ClN2O. The molecule has 19 heavy (non-hydrogen) atoms. The van der Waals surface area contributed by atoms with Gasteiger partial charge in [-0.2, -0.15) is 0 Å².